The van der Waals surface area contributed by atoms with Gasteiger partial charge in [0.1, 0.15) is 29.4 Å². The van der Waals surface area contributed by atoms with Crippen LogP contribution in [0.3, 0.4) is 0 Å². The van der Waals surface area contributed by atoms with Gasteiger partial charge in [-0.3, -0.25) is 9.69 Å². The van der Waals surface area contributed by atoms with Gasteiger partial charge in [-0.05, 0) is 48.4 Å². The van der Waals surface area contributed by atoms with Crippen LogP contribution < -0.4 is 15.4 Å². The van der Waals surface area contributed by atoms with Crippen molar-refractivity contribution >= 4 is 22.6 Å². The van der Waals surface area contributed by atoms with E-state index in [4.69, 9.17) is 15.5 Å². The van der Waals surface area contributed by atoms with E-state index in [2.05, 4.69) is 64.2 Å². The summed E-state index contributed by atoms with van der Waals surface area (Å²) in [6.45, 7) is 7.04. The Morgan fingerprint density at radius 1 is 1.08 bits per heavy atom. The van der Waals surface area contributed by atoms with Crippen LogP contribution in [-0.2, 0) is 6.42 Å². The fourth-order valence-corrected chi connectivity index (χ4v) is 4.65. The second kappa shape index (κ2) is 10.3. The number of benzene rings is 3. The van der Waals surface area contributed by atoms with Gasteiger partial charge >= 0.3 is 0 Å². The Bertz CT molecular complexity index is 1370. The summed E-state index contributed by atoms with van der Waals surface area (Å²) in [5, 5.41) is 9.72. The molecule has 36 heavy (non-hydrogen) atoms. The molecule has 0 aliphatic carbocycles. The summed E-state index contributed by atoms with van der Waals surface area (Å²) in [7, 11) is 0. The third-order valence-electron chi connectivity index (χ3n) is 6.72. The van der Waals surface area contributed by atoms with Crippen molar-refractivity contribution in [3.63, 3.8) is 0 Å². The summed E-state index contributed by atoms with van der Waals surface area (Å²) < 4.78 is 5.80. The minimum atomic E-state index is -0.678. The summed E-state index contributed by atoms with van der Waals surface area (Å²) in [4.78, 5) is 24.6. The van der Waals surface area contributed by atoms with Crippen molar-refractivity contribution in [2.45, 2.75) is 13.3 Å². The fourth-order valence-electron chi connectivity index (χ4n) is 4.65. The molecule has 0 spiro atoms. The number of aromatic hydroxyl groups is 1. The Hall–Kier alpha value is -4.04. The van der Waals surface area contributed by atoms with E-state index >= 15 is 0 Å². The number of phenols is 1. The van der Waals surface area contributed by atoms with Crippen LogP contribution in [0.25, 0.3) is 22.4 Å². The van der Waals surface area contributed by atoms with Crippen molar-refractivity contribution in [1.82, 2.24) is 14.9 Å². The highest BCUT2D eigenvalue weighted by Crippen LogP contribution is 2.29. The van der Waals surface area contributed by atoms with Crippen LogP contribution >= 0.6 is 0 Å². The quantitative estimate of drug-likeness (QED) is 0.350. The molecule has 0 saturated carbocycles. The number of nitrogens with zero attached hydrogens (tertiary/aromatic N) is 3. The van der Waals surface area contributed by atoms with Gasteiger partial charge in [-0.1, -0.05) is 31.2 Å². The number of nitrogens with two attached hydrogens (primary N) is 1. The topological polar surface area (TPSA) is 108 Å². The van der Waals surface area contributed by atoms with Gasteiger partial charge in [0, 0.05) is 38.3 Å². The van der Waals surface area contributed by atoms with Crippen molar-refractivity contribution in [2.24, 2.45) is 5.73 Å². The maximum Gasteiger partial charge on any atom is 0.252 e. The molecule has 1 aliphatic heterocycles. The number of H-pyrrole nitrogens is 1. The van der Waals surface area contributed by atoms with E-state index in [1.165, 1.54) is 17.7 Å². The average Bonchev–Trinajstić information content (AvgIpc) is 3.35. The molecule has 1 fully saturated rings. The van der Waals surface area contributed by atoms with Crippen LogP contribution in [0, 0.1) is 0 Å². The Kier molecular flexibility index (Phi) is 6.77. The molecule has 4 aromatic rings. The van der Waals surface area contributed by atoms with Crippen molar-refractivity contribution in [2.75, 3.05) is 44.2 Å². The molecule has 8 nitrogen and oxygen atoms in total. The lowest BCUT2D eigenvalue weighted by Gasteiger charge is -2.36. The first kappa shape index (κ1) is 23.7. The third-order valence-corrected chi connectivity index (χ3v) is 6.72. The number of anilines is 1. The highest BCUT2D eigenvalue weighted by molar-refractivity contribution is 5.96. The lowest BCUT2D eigenvalue weighted by molar-refractivity contribution is 0.0997. The van der Waals surface area contributed by atoms with Gasteiger partial charge in [-0.15, -0.1) is 0 Å². The number of fused-ring (bicyclic) bond motifs is 1. The summed E-state index contributed by atoms with van der Waals surface area (Å²) in [6, 6.07) is 19.4. The van der Waals surface area contributed by atoms with Crippen LogP contribution in [0.1, 0.15) is 22.8 Å². The molecule has 5 rings (SSSR count). The Morgan fingerprint density at radius 3 is 2.67 bits per heavy atom. The predicted molar refractivity (Wildman–Crippen MR) is 142 cm³/mol. The molecule has 0 bridgehead atoms. The fraction of sp³-hybridized carbons (Fsp3) is 0.286. The number of hydrogen-bond acceptors (Lipinski definition) is 6. The molecule has 0 radical (unpaired) electrons. The molecule has 0 atom stereocenters. The highest BCUT2D eigenvalue weighted by Gasteiger charge is 2.20. The minimum absolute atomic E-state index is 0.0647. The minimum Gasteiger partial charge on any atom is -0.507 e. The van der Waals surface area contributed by atoms with Gasteiger partial charge in [0.05, 0.1) is 16.8 Å². The molecule has 1 saturated heterocycles. The maximum atomic E-state index is 11.4. The van der Waals surface area contributed by atoms with E-state index in [9.17, 15) is 9.90 Å². The number of ether oxygens (including phenoxy) is 1. The van der Waals surface area contributed by atoms with Gasteiger partial charge in [-0.25, -0.2) is 4.98 Å². The number of aryl methyl sites for hydroxylation is 1. The van der Waals surface area contributed by atoms with Gasteiger partial charge < -0.3 is 25.5 Å². The van der Waals surface area contributed by atoms with Crippen LogP contribution in [0.15, 0.2) is 60.7 Å². The van der Waals surface area contributed by atoms with Crippen LogP contribution in [0.4, 0.5) is 5.69 Å². The van der Waals surface area contributed by atoms with E-state index < -0.39 is 5.91 Å². The number of rotatable bonds is 8. The lowest BCUT2D eigenvalue weighted by Crippen LogP contribution is -2.47. The molecule has 3 aromatic carbocycles. The molecule has 186 valence electrons. The first-order valence-electron chi connectivity index (χ1n) is 12.3. The first-order chi connectivity index (χ1) is 17.5. The van der Waals surface area contributed by atoms with E-state index in [-0.39, 0.29) is 11.3 Å². The zero-order valence-electron chi connectivity index (χ0n) is 20.4. The Morgan fingerprint density at radius 2 is 1.89 bits per heavy atom. The second-order valence-electron chi connectivity index (χ2n) is 9.03. The predicted octanol–water partition coefficient (Wildman–Crippen LogP) is 3.80. The summed E-state index contributed by atoms with van der Waals surface area (Å²) in [6.07, 6.45) is 0.998. The number of aromatic nitrogens is 2. The third kappa shape index (κ3) is 4.99. The Balaban J connectivity index is 1.20. The molecule has 0 unspecified atom stereocenters. The molecular formula is C28H31N5O3. The lowest BCUT2D eigenvalue weighted by atomic mass is 10.1. The Labute approximate surface area is 210 Å². The number of imidazole rings is 1. The number of nitrogens with one attached hydrogen (secondary N) is 1. The number of carbonyl (C=O) groups excluding carboxylic acids is 1. The van der Waals surface area contributed by atoms with E-state index in [1.807, 2.05) is 0 Å². The molecule has 1 aliphatic rings. The summed E-state index contributed by atoms with van der Waals surface area (Å²) >= 11 is 0. The van der Waals surface area contributed by atoms with Crippen molar-refractivity contribution in [1.29, 1.82) is 0 Å². The van der Waals surface area contributed by atoms with Gasteiger partial charge in [-0.2, -0.15) is 0 Å². The first-order valence-corrected chi connectivity index (χ1v) is 12.3. The number of aromatic amines is 1. The number of piperazine rings is 1. The van der Waals surface area contributed by atoms with E-state index in [0.717, 1.165) is 67.3 Å². The molecule has 4 N–H and O–H groups in total. The molecule has 2 heterocycles. The van der Waals surface area contributed by atoms with E-state index in [1.54, 1.807) is 6.07 Å². The number of amides is 1. The van der Waals surface area contributed by atoms with Gasteiger partial charge in [0.2, 0.25) is 0 Å². The summed E-state index contributed by atoms with van der Waals surface area (Å²) in [5.41, 5.74) is 11.0. The number of carbonyl (C=O) groups is 1. The van der Waals surface area contributed by atoms with Crippen LogP contribution in [0.5, 0.6) is 11.5 Å². The highest BCUT2D eigenvalue weighted by atomic mass is 16.5. The number of para-hydroxylation sites is 1. The van der Waals surface area contributed by atoms with E-state index in [0.29, 0.717) is 12.4 Å². The van der Waals surface area contributed by atoms with Gasteiger partial charge in [0.25, 0.3) is 5.91 Å². The second-order valence-corrected chi connectivity index (χ2v) is 9.03. The normalized spacial score (nSPS) is 14.3. The molecule has 8 heteroatoms. The smallest absolute Gasteiger partial charge is 0.252 e. The monoisotopic (exact) mass is 485 g/mol. The molecule has 1 amide bonds. The average molecular weight is 486 g/mol. The van der Waals surface area contributed by atoms with Crippen LogP contribution in [0.2, 0.25) is 0 Å². The largest absolute Gasteiger partial charge is 0.507 e. The summed E-state index contributed by atoms with van der Waals surface area (Å²) in [5.74, 6) is 0.602. The zero-order valence-corrected chi connectivity index (χ0v) is 20.4. The standard InChI is InChI=1S/C28H31N5O3/c1-2-19-5-3-6-20(17-19)28-30-23-7-4-8-24(26(23)31-28)33-13-11-32(12-14-33)15-16-36-21-9-10-25(34)22(18-21)27(29)35/h3-10,17-18,34H,2,11-16H2,1H3,(H2,29,35)(H,30,31). The molecule has 1 aromatic heterocycles. The zero-order chi connectivity index (χ0) is 25.1. The maximum absolute atomic E-state index is 11.4. The van der Waals surface area contributed by atoms with Gasteiger partial charge in [0.15, 0.2) is 0 Å². The van der Waals surface area contributed by atoms with Crippen LogP contribution in [-0.4, -0.2) is 65.2 Å². The number of primary amides is 1. The van der Waals surface area contributed by atoms with Crippen molar-refractivity contribution in [3.8, 4) is 22.9 Å². The number of hydrogen-bond donors (Lipinski definition) is 3. The SMILES string of the molecule is CCc1cccc(-c2nc3c(N4CCN(CCOc5ccc(O)c(C(N)=O)c5)CC4)cccc3[nH]2)c1. The molecular weight excluding hydrogens is 454 g/mol. The van der Waals surface area contributed by atoms with Crippen molar-refractivity contribution in [3.05, 3.63) is 71.8 Å². The van der Waals surface area contributed by atoms with Crippen molar-refractivity contribution < 1.29 is 14.6 Å².